The number of hydrogen-bond donors (Lipinski definition) is 1. The van der Waals surface area contributed by atoms with Gasteiger partial charge in [-0.05, 0) is 62.6 Å². The number of carbonyl (C=O) groups is 2. The zero-order valence-electron chi connectivity index (χ0n) is 16.3. The van der Waals surface area contributed by atoms with Gasteiger partial charge in [-0.3, -0.25) is 9.59 Å². The minimum absolute atomic E-state index is 0.0950. The van der Waals surface area contributed by atoms with Crippen molar-refractivity contribution >= 4 is 43.3 Å². The van der Waals surface area contributed by atoms with Crippen molar-refractivity contribution in [3.63, 3.8) is 0 Å². The Hall–Kier alpha value is -2.03. The van der Waals surface area contributed by atoms with Gasteiger partial charge in [0.25, 0.3) is 0 Å². The van der Waals surface area contributed by atoms with Crippen molar-refractivity contribution in [3.8, 4) is 0 Å². The van der Waals surface area contributed by atoms with Crippen LogP contribution in [0.15, 0.2) is 51.8 Å². The smallest absolute Gasteiger partial charge is 0.243 e. The second kappa shape index (κ2) is 8.77. The van der Waals surface area contributed by atoms with E-state index in [-0.39, 0.29) is 35.6 Å². The monoisotopic (exact) mass is 478 g/mol. The molecule has 0 bridgehead atoms. The Morgan fingerprint density at radius 1 is 1.10 bits per heavy atom. The lowest BCUT2D eigenvalue weighted by atomic mass is 9.97. The number of anilines is 1. The quantitative estimate of drug-likeness (QED) is 0.658. The minimum Gasteiger partial charge on any atom is -0.326 e. The van der Waals surface area contributed by atoms with Gasteiger partial charge in [-0.15, -0.1) is 0 Å². The van der Waals surface area contributed by atoms with Crippen molar-refractivity contribution in [2.45, 2.75) is 31.6 Å². The number of benzene rings is 2. The Kier molecular flexibility index (Phi) is 6.55. The number of carbonyl (C=O) groups excluding carboxylic acids is 2. The van der Waals surface area contributed by atoms with E-state index in [9.17, 15) is 18.0 Å². The molecule has 1 fully saturated rings. The van der Waals surface area contributed by atoms with Crippen molar-refractivity contribution in [2.75, 3.05) is 18.4 Å². The summed E-state index contributed by atoms with van der Waals surface area (Å²) in [7, 11) is -3.69. The molecule has 0 aromatic heterocycles. The molecule has 0 saturated carbocycles. The first-order chi connectivity index (χ1) is 13.7. The molecule has 0 atom stereocenters. The van der Waals surface area contributed by atoms with Gasteiger partial charge < -0.3 is 5.32 Å². The lowest BCUT2D eigenvalue weighted by Crippen LogP contribution is -2.41. The number of aryl methyl sites for hydroxylation is 1. The highest BCUT2D eigenvalue weighted by atomic mass is 79.9. The standard InChI is InChI=1S/C21H23BrN2O4S/c1-14-12-18(6-7-20(14)22)23-21(26)16-8-10-24(11-9-16)29(27,28)19-5-3-4-17(13-19)15(2)25/h3-7,12-13,16H,8-11H2,1-2H3,(H,23,26). The van der Waals surface area contributed by atoms with Gasteiger partial charge in [0.1, 0.15) is 0 Å². The second-order valence-corrected chi connectivity index (χ2v) is 10.0. The number of Topliss-reactive ketones (excluding diaryl/α,β-unsaturated/α-hetero) is 1. The fourth-order valence-corrected chi connectivity index (χ4v) is 5.11. The van der Waals surface area contributed by atoms with Crippen LogP contribution < -0.4 is 5.32 Å². The van der Waals surface area contributed by atoms with Crippen LogP contribution in [0.4, 0.5) is 5.69 Å². The van der Waals surface area contributed by atoms with Crippen LogP contribution in [0.2, 0.25) is 0 Å². The molecule has 2 aromatic rings. The average molecular weight is 479 g/mol. The van der Waals surface area contributed by atoms with E-state index in [1.807, 2.05) is 25.1 Å². The second-order valence-electron chi connectivity index (χ2n) is 7.22. The molecule has 0 spiro atoms. The van der Waals surface area contributed by atoms with Gasteiger partial charge in [-0.2, -0.15) is 4.31 Å². The summed E-state index contributed by atoms with van der Waals surface area (Å²) in [5, 5.41) is 2.92. The molecule has 1 N–H and O–H groups in total. The summed E-state index contributed by atoms with van der Waals surface area (Å²) in [6, 6.07) is 11.7. The van der Waals surface area contributed by atoms with Gasteiger partial charge in [0, 0.05) is 34.7 Å². The van der Waals surface area contributed by atoms with Gasteiger partial charge in [0.15, 0.2) is 5.78 Å². The van der Waals surface area contributed by atoms with Crippen LogP contribution >= 0.6 is 15.9 Å². The van der Waals surface area contributed by atoms with Crippen LogP contribution in [0.25, 0.3) is 0 Å². The van der Waals surface area contributed by atoms with Crippen molar-refractivity contribution in [2.24, 2.45) is 5.92 Å². The molecule has 1 aliphatic rings. The molecule has 0 radical (unpaired) electrons. The molecule has 8 heteroatoms. The van der Waals surface area contributed by atoms with E-state index in [4.69, 9.17) is 0 Å². The summed E-state index contributed by atoms with van der Waals surface area (Å²) in [6.45, 7) is 3.89. The highest BCUT2D eigenvalue weighted by Gasteiger charge is 2.32. The number of halogens is 1. The van der Waals surface area contributed by atoms with Crippen LogP contribution in [0.3, 0.4) is 0 Å². The molecule has 6 nitrogen and oxygen atoms in total. The summed E-state index contributed by atoms with van der Waals surface area (Å²) in [6.07, 6.45) is 0.903. The third kappa shape index (κ3) is 4.94. The predicted octanol–water partition coefficient (Wildman–Crippen LogP) is 4.00. The molecule has 1 amide bonds. The lowest BCUT2D eigenvalue weighted by Gasteiger charge is -2.30. The van der Waals surface area contributed by atoms with Gasteiger partial charge in [0.05, 0.1) is 4.90 Å². The average Bonchev–Trinajstić information content (AvgIpc) is 2.71. The maximum atomic E-state index is 12.9. The first-order valence-electron chi connectivity index (χ1n) is 9.36. The number of nitrogens with one attached hydrogen (secondary N) is 1. The summed E-state index contributed by atoms with van der Waals surface area (Å²) < 4.78 is 28.2. The fourth-order valence-electron chi connectivity index (χ4n) is 3.35. The van der Waals surface area contributed by atoms with E-state index in [1.165, 1.54) is 23.4 Å². The Bertz CT molecular complexity index is 1040. The molecule has 1 saturated heterocycles. The van der Waals surface area contributed by atoms with Gasteiger partial charge >= 0.3 is 0 Å². The summed E-state index contributed by atoms with van der Waals surface area (Å²) >= 11 is 3.44. The molecule has 2 aromatic carbocycles. The number of sulfonamides is 1. The maximum Gasteiger partial charge on any atom is 0.243 e. The number of nitrogens with zero attached hydrogens (tertiary/aromatic N) is 1. The first-order valence-corrected chi connectivity index (χ1v) is 11.6. The number of hydrogen-bond acceptors (Lipinski definition) is 4. The lowest BCUT2D eigenvalue weighted by molar-refractivity contribution is -0.120. The maximum absolute atomic E-state index is 12.9. The van der Waals surface area contributed by atoms with E-state index in [1.54, 1.807) is 12.1 Å². The number of ketones is 1. The Morgan fingerprint density at radius 2 is 1.79 bits per heavy atom. The van der Waals surface area contributed by atoms with E-state index in [0.717, 1.165) is 15.7 Å². The van der Waals surface area contributed by atoms with Crippen molar-refractivity contribution in [1.82, 2.24) is 4.31 Å². The summed E-state index contributed by atoms with van der Waals surface area (Å²) in [4.78, 5) is 24.2. The van der Waals surface area contributed by atoms with E-state index >= 15 is 0 Å². The van der Waals surface area contributed by atoms with E-state index < -0.39 is 10.0 Å². The molecular formula is C21H23BrN2O4S. The number of piperidine rings is 1. The third-order valence-corrected chi connectivity index (χ3v) is 7.91. The largest absolute Gasteiger partial charge is 0.326 e. The van der Waals surface area contributed by atoms with Crippen molar-refractivity contribution in [3.05, 3.63) is 58.1 Å². The zero-order valence-corrected chi connectivity index (χ0v) is 18.7. The van der Waals surface area contributed by atoms with Crippen LogP contribution in [0.5, 0.6) is 0 Å². The first kappa shape index (κ1) is 21.7. The van der Waals surface area contributed by atoms with E-state index in [2.05, 4.69) is 21.2 Å². The predicted molar refractivity (Wildman–Crippen MR) is 115 cm³/mol. The van der Waals surface area contributed by atoms with Crippen LogP contribution in [-0.2, 0) is 14.8 Å². The van der Waals surface area contributed by atoms with Gasteiger partial charge in [0.2, 0.25) is 15.9 Å². The highest BCUT2D eigenvalue weighted by Crippen LogP contribution is 2.26. The topological polar surface area (TPSA) is 83.6 Å². The van der Waals surface area contributed by atoms with Crippen LogP contribution in [-0.4, -0.2) is 37.5 Å². The molecular weight excluding hydrogens is 456 g/mol. The Morgan fingerprint density at radius 3 is 2.41 bits per heavy atom. The fraction of sp³-hybridized carbons (Fsp3) is 0.333. The minimum atomic E-state index is -3.69. The van der Waals surface area contributed by atoms with Gasteiger partial charge in [-0.1, -0.05) is 28.1 Å². The third-order valence-electron chi connectivity index (χ3n) is 5.13. The number of rotatable bonds is 5. The normalized spacial score (nSPS) is 15.8. The molecule has 0 unspecified atom stereocenters. The SMILES string of the molecule is CC(=O)c1cccc(S(=O)(=O)N2CCC(C(=O)Nc3ccc(Br)c(C)c3)CC2)c1. The molecule has 1 aliphatic heterocycles. The van der Waals surface area contributed by atoms with Crippen LogP contribution in [0.1, 0.15) is 35.7 Å². The Balaban J connectivity index is 1.65. The summed E-state index contributed by atoms with van der Waals surface area (Å²) in [5.41, 5.74) is 2.12. The molecule has 1 heterocycles. The van der Waals surface area contributed by atoms with Gasteiger partial charge in [-0.25, -0.2) is 8.42 Å². The van der Waals surface area contributed by atoms with E-state index in [0.29, 0.717) is 18.4 Å². The molecule has 0 aliphatic carbocycles. The highest BCUT2D eigenvalue weighted by molar-refractivity contribution is 9.10. The Labute approximate surface area is 179 Å². The summed E-state index contributed by atoms with van der Waals surface area (Å²) in [5.74, 6) is -0.517. The zero-order chi connectivity index (χ0) is 21.2. The molecule has 29 heavy (non-hydrogen) atoms. The van der Waals surface area contributed by atoms with Crippen molar-refractivity contribution in [1.29, 1.82) is 0 Å². The molecule has 154 valence electrons. The number of amides is 1. The van der Waals surface area contributed by atoms with Crippen molar-refractivity contribution < 1.29 is 18.0 Å². The van der Waals surface area contributed by atoms with Crippen LogP contribution in [0, 0.1) is 12.8 Å². The molecule has 3 rings (SSSR count).